The molecule has 0 saturated carbocycles. The summed E-state index contributed by atoms with van der Waals surface area (Å²) in [7, 11) is 4.49. The molecule has 0 amide bonds. The fraction of sp³-hybridized carbons (Fsp3) is 0.368. The molecule has 0 N–H and O–H groups in total. The lowest BCUT2D eigenvalue weighted by molar-refractivity contribution is 0.683. The SMILES string of the molecule is BC(C)(C)C/C=C(\C=C(/C#C)c1ccccc1)C(B)(C)C. The Labute approximate surface area is 132 Å². The Morgan fingerprint density at radius 1 is 1.14 bits per heavy atom. The van der Waals surface area contributed by atoms with Gasteiger partial charge in [0.15, 0.2) is 0 Å². The molecule has 0 heterocycles. The van der Waals surface area contributed by atoms with E-state index in [1.807, 2.05) is 18.2 Å². The molecule has 2 heteroatoms. The first kappa shape index (κ1) is 17.4. The smallest absolute Gasteiger partial charge is 0.114 e. The quantitative estimate of drug-likeness (QED) is 0.437. The zero-order chi connectivity index (χ0) is 16.1. The molecule has 0 bridgehead atoms. The van der Waals surface area contributed by atoms with Gasteiger partial charge in [0.1, 0.15) is 15.7 Å². The van der Waals surface area contributed by atoms with Gasteiger partial charge >= 0.3 is 0 Å². The number of benzene rings is 1. The Hall–Kier alpha value is -1.61. The van der Waals surface area contributed by atoms with E-state index < -0.39 is 0 Å². The molecule has 0 aliphatic carbocycles. The van der Waals surface area contributed by atoms with E-state index in [0.29, 0.717) is 0 Å². The minimum absolute atomic E-state index is 0.0854. The van der Waals surface area contributed by atoms with Crippen molar-refractivity contribution in [3.05, 3.63) is 53.6 Å². The van der Waals surface area contributed by atoms with Crippen LogP contribution in [0.4, 0.5) is 0 Å². The van der Waals surface area contributed by atoms with Crippen molar-refractivity contribution in [3.63, 3.8) is 0 Å². The molecule has 0 nitrogen and oxygen atoms in total. The summed E-state index contributed by atoms with van der Waals surface area (Å²) in [5, 5.41) is 0.371. The van der Waals surface area contributed by atoms with Crippen molar-refractivity contribution in [2.24, 2.45) is 0 Å². The van der Waals surface area contributed by atoms with Crippen molar-refractivity contribution in [1.29, 1.82) is 0 Å². The average Bonchev–Trinajstić information content (AvgIpc) is 2.37. The summed E-state index contributed by atoms with van der Waals surface area (Å²) in [6, 6.07) is 10.2. The van der Waals surface area contributed by atoms with E-state index in [-0.39, 0.29) is 10.6 Å². The van der Waals surface area contributed by atoms with Gasteiger partial charge < -0.3 is 0 Å². The predicted octanol–water partition coefficient (Wildman–Crippen LogP) is 3.68. The standard InChI is InChI=1S/C19H26B2/c1-6-15(16-10-8-7-9-11-16)14-17(19(4,5)21)12-13-18(2,3)20/h1,7-12,14H,13,20-21H2,2-5H3/b15-14+,17-12+. The molecule has 0 saturated heterocycles. The second kappa shape index (κ2) is 6.90. The molecule has 1 rings (SSSR count). The molecule has 0 fully saturated rings. The maximum Gasteiger partial charge on any atom is 0.114 e. The van der Waals surface area contributed by atoms with Crippen LogP contribution in [0.1, 0.15) is 39.7 Å². The Morgan fingerprint density at radius 2 is 1.71 bits per heavy atom. The molecule has 0 unspecified atom stereocenters. The van der Waals surface area contributed by atoms with Gasteiger partial charge in [0.2, 0.25) is 0 Å². The average molecular weight is 276 g/mol. The third-order valence-corrected chi connectivity index (χ3v) is 3.34. The summed E-state index contributed by atoms with van der Waals surface area (Å²) in [6.07, 6.45) is 11.3. The predicted molar refractivity (Wildman–Crippen MR) is 101 cm³/mol. The van der Waals surface area contributed by atoms with Crippen molar-refractivity contribution in [2.45, 2.75) is 44.7 Å². The maximum absolute atomic E-state index is 5.73. The summed E-state index contributed by atoms with van der Waals surface area (Å²) in [6.45, 7) is 8.98. The molecule has 21 heavy (non-hydrogen) atoms. The minimum Gasteiger partial charge on any atom is -0.115 e. The number of allylic oxidation sites excluding steroid dienone is 4. The molecular formula is C19H26B2. The molecule has 1 aromatic carbocycles. The topological polar surface area (TPSA) is 0 Å². The van der Waals surface area contributed by atoms with Crippen molar-refractivity contribution in [1.82, 2.24) is 0 Å². The zero-order valence-electron chi connectivity index (χ0n) is 14.3. The lowest BCUT2D eigenvalue weighted by atomic mass is 9.64. The summed E-state index contributed by atoms with van der Waals surface area (Å²) >= 11 is 0. The molecule has 108 valence electrons. The Kier molecular flexibility index (Phi) is 5.73. The first-order valence-electron chi connectivity index (χ1n) is 7.58. The maximum atomic E-state index is 5.73. The van der Waals surface area contributed by atoms with Crippen molar-refractivity contribution >= 4 is 21.3 Å². The lowest BCUT2D eigenvalue weighted by Crippen LogP contribution is -2.07. The lowest BCUT2D eigenvalue weighted by Gasteiger charge is -2.24. The van der Waals surface area contributed by atoms with Crippen LogP contribution in [0, 0.1) is 12.3 Å². The summed E-state index contributed by atoms with van der Waals surface area (Å²) < 4.78 is 0. The molecule has 0 atom stereocenters. The normalized spacial score (nSPS) is 13.9. The first-order chi connectivity index (χ1) is 9.63. The van der Waals surface area contributed by atoms with Gasteiger partial charge in [-0.1, -0.05) is 80.9 Å². The third kappa shape index (κ3) is 6.13. The molecule has 0 aliphatic rings. The van der Waals surface area contributed by atoms with Gasteiger partial charge in [-0.05, 0) is 23.4 Å². The Balaban J connectivity index is 3.22. The van der Waals surface area contributed by atoms with Crippen LogP contribution in [-0.2, 0) is 0 Å². The first-order valence-corrected chi connectivity index (χ1v) is 7.58. The van der Waals surface area contributed by atoms with Gasteiger partial charge in [0, 0.05) is 5.57 Å². The van der Waals surface area contributed by atoms with E-state index in [1.54, 1.807) is 0 Å². The fourth-order valence-electron chi connectivity index (χ4n) is 1.98. The van der Waals surface area contributed by atoms with Gasteiger partial charge in [-0.15, -0.1) is 6.42 Å². The summed E-state index contributed by atoms with van der Waals surface area (Å²) in [5.41, 5.74) is 3.35. The third-order valence-electron chi connectivity index (χ3n) is 3.34. The highest BCUT2D eigenvalue weighted by atomic mass is 14.2. The fourth-order valence-corrected chi connectivity index (χ4v) is 1.98. The minimum atomic E-state index is 0.0854. The largest absolute Gasteiger partial charge is 0.115 e. The van der Waals surface area contributed by atoms with Gasteiger partial charge in [-0.25, -0.2) is 0 Å². The summed E-state index contributed by atoms with van der Waals surface area (Å²) in [4.78, 5) is 0. The van der Waals surface area contributed by atoms with Gasteiger partial charge in [0.25, 0.3) is 0 Å². The van der Waals surface area contributed by atoms with E-state index in [4.69, 9.17) is 6.42 Å². The van der Waals surface area contributed by atoms with E-state index in [2.05, 4.69) is 73.6 Å². The van der Waals surface area contributed by atoms with Crippen molar-refractivity contribution in [3.8, 4) is 12.3 Å². The number of rotatable bonds is 5. The van der Waals surface area contributed by atoms with E-state index in [1.165, 1.54) is 5.57 Å². The monoisotopic (exact) mass is 276 g/mol. The highest BCUT2D eigenvalue weighted by Gasteiger charge is 2.17. The van der Waals surface area contributed by atoms with Crippen LogP contribution < -0.4 is 0 Å². The molecule has 0 aromatic heterocycles. The van der Waals surface area contributed by atoms with Crippen LogP contribution in [0.2, 0.25) is 10.6 Å². The van der Waals surface area contributed by atoms with Gasteiger partial charge in [-0.3, -0.25) is 0 Å². The number of hydrogen-bond acceptors (Lipinski definition) is 0. The Morgan fingerprint density at radius 3 is 2.14 bits per heavy atom. The molecule has 0 aliphatic heterocycles. The molecular weight excluding hydrogens is 250 g/mol. The summed E-state index contributed by atoms with van der Waals surface area (Å²) in [5.74, 6) is 2.84. The van der Waals surface area contributed by atoms with Crippen LogP contribution >= 0.6 is 0 Å². The molecule has 0 spiro atoms. The van der Waals surface area contributed by atoms with E-state index >= 15 is 0 Å². The highest BCUT2D eigenvalue weighted by molar-refractivity contribution is 6.17. The van der Waals surface area contributed by atoms with E-state index in [9.17, 15) is 0 Å². The van der Waals surface area contributed by atoms with Crippen LogP contribution in [0.5, 0.6) is 0 Å². The number of terminal acetylenes is 1. The van der Waals surface area contributed by atoms with Gasteiger partial charge in [-0.2, -0.15) is 0 Å². The Bertz CT molecular complexity index is 558. The molecule has 1 aromatic rings. The zero-order valence-corrected chi connectivity index (χ0v) is 14.3. The van der Waals surface area contributed by atoms with Crippen molar-refractivity contribution in [2.75, 3.05) is 0 Å². The van der Waals surface area contributed by atoms with E-state index in [0.717, 1.165) is 17.6 Å². The molecule has 0 radical (unpaired) electrons. The van der Waals surface area contributed by atoms with Crippen LogP contribution in [0.3, 0.4) is 0 Å². The number of hydrogen-bond donors (Lipinski definition) is 0. The second-order valence-corrected chi connectivity index (χ2v) is 7.74. The highest BCUT2D eigenvalue weighted by Crippen LogP contribution is 2.35. The second-order valence-electron chi connectivity index (χ2n) is 7.74. The van der Waals surface area contributed by atoms with Gasteiger partial charge in [0.05, 0.1) is 0 Å². The van der Waals surface area contributed by atoms with Crippen molar-refractivity contribution < 1.29 is 0 Å². The van der Waals surface area contributed by atoms with Crippen LogP contribution in [0.15, 0.2) is 48.1 Å². The van der Waals surface area contributed by atoms with Crippen LogP contribution in [-0.4, -0.2) is 15.7 Å². The van der Waals surface area contributed by atoms with Crippen LogP contribution in [0.25, 0.3) is 5.57 Å².